The van der Waals surface area contributed by atoms with Gasteiger partial charge in [0.25, 0.3) is 6.01 Å². The lowest BCUT2D eigenvalue weighted by atomic mass is 10.3. The van der Waals surface area contributed by atoms with E-state index in [4.69, 9.17) is 4.42 Å². The van der Waals surface area contributed by atoms with Crippen molar-refractivity contribution in [1.82, 2.24) is 9.88 Å². The monoisotopic (exact) mass is 209 g/mol. The summed E-state index contributed by atoms with van der Waals surface area (Å²) in [5.41, 5.74) is 0. The first-order chi connectivity index (χ1) is 7.29. The van der Waals surface area contributed by atoms with Crippen molar-refractivity contribution in [2.24, 2.45) is 0 Å². The second-order valence-corrected chi connectivity index (χ2v) is 3.77. The van der Waals surface area contributed by atoms with Gasteiger partial charge in [-0.1, -0.05) is 0 Å². The van der Waals surface area contributed by atoms with Crippen LogP contribution in [-0.4, -0.2) is 49.4 Å². The van der Waals surface area contributed by atoms with Crippen molar-refractivity contribution >= 4 is 12.3 Å². The molecule has 2 rings (SSSR count). The van der Waals surface area contributed by atoms with E-state index in [-0.39, 0.29) is 0 Å². The number of oxazole rings is 1. The summed E-state index contributed by atoms with van der Waals surface area (Å²) in [6.45, 7) is 3.89. The van der Waals surface area contributed by atoms with Crippen LogP contribution in [0.5, 0.6) is 0 Å². The molecule has 0 atom stereocenters. The molecule has 0 aliphatic carbocycles. The third-order valence-electron chi connectivity index (χ3n) is 2.60. The normalized spacial score (nSPS) is 18.1. The lowest BCUT2D eigenvalue weighted by molar-refractivity contribution is -0.107. The standard InChI is InChI=1S/C10H15N3O2/c1-12-3-5-13(6-4-12)10-11-8-9(15-10)2-7-14/h7-8H,2-6H2,1H3. The minimum Gasteiger partial charge on any atom is -0.428 e. The van der Waals surface area contributed by atoms with Crippen LogP contribution in [0.25, 0.3) is 0 Å². The molecule has 0 unspecified atom stereocenters. The zero-order valence-corrected chi connectivity index (χ0v) is 8.85. The van der Waals surface area contributed by atoms with Gasteiger partial charge in [0.05, 0.1) is 12.6 Å². The maximum absolute atomic E-state index is 10.3. The van der Waals surface area contributed by atoms with Gasteiger partial charge in [0.15, 0.2) is 0 Å². The highest BCUT2D eigenvalue weighted by atomic mass is 16.4. The van der Waals surface area contributed by atoms with Crippen LogP contribution in [-0.2, 0) is 11.2 Å². The first-order valence-electron chi connectivity index (χ1n) is 5.11. The van der Waals surface area contributed by atoms with Crippen LogP contribution in [0.3, 0.4) is 0 Å². The Kier molecular flexibility index (Phi) is 3.01. The van der Waals surface area contributed by atoms with Crippen molar-refractivity contribution in [2.45, 2.75) is 6.42 Å². The van der Waals surface area contributed by atoms with Crippen LogP contribution >= 0.6 is 0 Å². The van der Waals surface area contributed by atoms with Gasteiger partial charge in [0.2, 0.25) is 0 Å². The van der Waals surface area contributed by atoms with Gasteiger partial charge < -0.3 is 19.0 Å². The third-order valence-corrected chi connectivity index (χ3v) is 2.60. The predicted molar refractivity (Wildman–Crippen MR) is 56.0 cm³/mol. The molecule has 1 saturated heterocycles. The smallest absolute Gasteiger partial charge is 0.297 e. The van der Waals surface area contributed by atoms with Crippen LogP contribution in [0.15, 0.2) is 10.6 Å². The van der Waals surface area contributed by atoms with Gasteiger partial charge in [-0.15, -0.1) is 0 Å². The van der Waals surface area contributed by atoms with Gasteiger partial charge in [0.1, 0.15) is 12.0 Å². The average Bonchev–Trinajstić information content (AvgIpc) is 2.68. The molecule has 0 saturated carbocycles. The van der Waals surface area contributed by atoms with Gasteiger partial charge >= 0.3 is 0 Å². The molecule has 0 spiro atoms. The molecule has 1 fully saturated rings. The first kappa shape index (κ1) is 10.2. The molecule has 5 nitrogen and oxygen atoms in total. The Morgan fingerprint density at radius 3 is 2.87 bits per heavy atom. The molecule has 1 aliphatic rings. The van der Waals surface area contributed by atoms with Crippen molar-refractivity contribution < 1.29 is 9.21 Å². The van der Waals surface area contributed by atoms with E-state index in [0.29, 0.717) is 18.2 Å². The number of rotatable bonds is 3. The van der Waals surface area contributed by atoms with Crippen LogP contribution in [0.2, 0.25) is 0 Å². The third kappa shape index (κ3) is 2.36. The summed E-state index contributed by atoms with van der Waals surface area (Å²) in [5.74, 6) is 0.638. The van der Waals surface area contributed by atoms with Gasteiger partial charge in [0, 0.05) is 26.2 Å². The minimum absolute atomic E-state index is 0.306. The molecule has 5 heteroatoms. The number of piperazine rings is 1. The SMILES string of the molecule is CN1CCN(c2ncc(CC=O)o2)CC1. The highest BCUT2D eigenvalue weighted by molar-refractivity contribution is 5.53. The summed E-state index contributed by atoms with van der Waals surface area (Å²) in [6, 6.07) is 0.639. The molecule has 0 bridgehead atoms. The van der Waals surface area contributed by atoms with Crippen LogP contribution in [0.1, 0.15) is 5.76 Å². The van der Waals surface area contributed by atoms with E-state index in [2.05, 4.69) is 21.8 Å². The zero-order valence-electron chi connectivity index (χ0n) is 8.85. The van der Waals surface area contributed by atoms with E-state index >= 15 is 0 Å². The predicted octanol–water partition coefficient (Wildman–Crippen LogP) is 0.168. The molecule has 0 aromatic carbocycles. The number of carbonyl (C=O) groups is 1. The van der Waals surface area contributed by atoms with Crippen molar-refractivity contribution in [3.8, 4) is 0 Å². The molecule has 0 N–H and O–H groups in total. The quantitative estimate of drug-likeness (QED) is 0.664. The summed E-state index contributed by atoms with van der Waals surface area (Å²) in [6.07, 6.45) is 2.76. The number of aromatic nitrogens is 1. The molecule has 0 radical (unpaired) electrons. The Balaban J connectivity index is 1.99. The summed E-state index contributed by atoms with van der Waals surface area (Å²) in [7, 11) is 2.10. The van der Waals surface area contributed by atoms with E-state index in [1.807, 2.05) is 0 Å². The highest BCUT2D eigenvalue weighted by Gasteiger charge is 2.18. The molecule has 82 valence electrons. The Morgan fingerprint density at radius 2 is 2.20 bits per heavy atom. The molecule has 1 aromatic heterocycles. The van der Waals surface area contributed by atoms with E-state index < -0.39 is 0 Å². The summed E-state index contributed by atoms with van der Waals surface area (Å²) in [4.78, 5) is 18.8. The number of nitrogens with zero attached hydrogens (tertiary/aromatic N) is 3. The Morgan fingerprint density at radius 1 is 1.47 bits per heavy atom. The first-order valence-corrected chi connectivity index (χ1v) is 5.11. The highest BCUT2D eigenvalue weighted by Crippen LogP contribution is 2.15. The number of likely N-dealkylation sites (N-methyl/N-ethyl adjacent to an activating group) is 1. The molecular weight excluding hydrogens is 194 g/mol. The van der Waals surface area contributed by atoms with Crippen molar-refractivity contribution in [2.75, 3.05) is 38.1 Å². The summed E-state index contributed by atoms with van der Waals surface area (Å²) >= 11 is 0. The van der Waals surface area contributed by atoms with E-state index in [9.17, 15) is 4.79 Å². The maximum atomic E-state index is 10.3. The number of carbonyl (C=O) groups excluding carboxylic acids is 1. The van der Waals surface area contributed by atoms with Gasteiger partial charge in [-0.25, -0.2) is 4.98 Å². The molecule has 1 aliphatic heterocycles. The number of hydrogen-bond donors (Lipinski definition) is 0. The fraction of sp³-hybridized carbons (Fsp3) is 0.600. The number of aldehydes is 1. The zero-order chi connectivity index (χ0) is 10.7. The van der Waals surface area contributed by atoms with Crippen molar-refractivity contribution in [1.29, 1.82) is 0 Å². The number of hydrogen-bond acceptors (Lipinski definition) is 5. The Bertz CT molecular complexity index is 329. The van der Waals surface area contributed by atoms with Crippen LogP contribution < -0.4 is 4.90 Å². The summed E-state index contributed by atoms with van der Waals surface area (Å²) < 4.78 is 5.46. The topological polar surface area (TPSA) is 49.6 Å². The molecule has 2 heterocycles. The summed E-state index contributed by atoms with van der Waals surface area (Å²) in [5, 5.41) is 0. The molecule has 15 heavy (non-hydrogen) atoms. The molecule has 1 aromatic rings. The van der Waals surface area contributed by atoms with E-state index in [1.54, 1.807) is 6.20 Å². The minimum atomic E-state index is 0.306. The van der Waals surface area contributed by atoms with Crippen molar-refractivity contribution in [3.05, 3.63) is 12.0 Å². The lowest BCUT2D eigenvalue weighted by Crippen LogP contribution is -2.44. The van der Waals surface area contributed by atoms with Gasteiger partial charge in [-0.05, 0) is 7.05 Å². The lowest BCUT2D eigenvalue weighted by Gasteiger charge is -2.31. The van der Waals surface area contributed by atoms with Crippen LogP contribution in [0, 0.1) is 0 Å². The fourth-order valence-corrected chi connectivity index (χ4v) is 1.62. The second-order valence-electron chi connectivity index (χ2n) is 3.77. The Labute approximate surface area is 88.7 Å². The maximum Gasteiger partial charge on any atom is 0.297 e. The van der Waals surface area contributed by atoms with Crippen molar-refractivity contribution in [3.63, 3.8) is 0 Å². The molecule has 0 amide bonds. The van der Waals surface area contributed by atoms with E-state index in [1.165, 1.54) is 0 Å². The largest absolute Gasteiger partial charge is 0.428 e. The van der Waals surface area contributed by atoms with Gasteiger partial charge in [-0.3, -0.25) is 0 Å². The fourth-order valence-electron chi connectivity index (χ4n) is 1.62. The molecular formula is C10H15N3O2. The van der Waals surface area contributed by atoms with Crippen LogP contribution in [0.4, 0.5) is 6.01 Å². The number of anilines is 1. The average molecular weight is 209 g/mol. The second kappa shape index (κ2) is 4.44. The Hall–Kier alpha value is -1.36. The van der Waals surface area contributed by atoms with E-state index in [0.717, 1.165) is 32.5 Å². The van der Waals surface area contributed by atoms with Gasteiger partial charge in [-0.2, -0.15) is 0 Å².